The molecule has 7 nitrogen and oxygen atoms in total. The summed E-state index contributed by atoms with van der Waals surface area (Å²) < 4.78 is 25.2. The van der Waals surface area contributed by atoms with E-state index in [1.807, 2.05) is 0 Å². The van der Waals surface area contributed by atoms with Crippen LogP contribution in [0.25, 0.3) is 0 Å². The fourth-order valence-electron chi connectivity index (χ4n) is 2.88. The van der Waals surface area contributed by atoms with Gasteiger partial charge >= 0.3 is 0 Å². The number of Topliss-reactive ketones (excluding diaryl/α,β-unsaturated/α-hetero) is 1. The average molecular weight is 386 g/mol. The van der Waals surface area contributed by atoms with Crippen molar-refractivity contribution in [1.82, 2.24) is 0 Å². The van der Waals surface area contributed by atoms with Gasteiger partial charge in [-0.2, -0.15) is 0 Å². The molecular weight excluding hydrogens is 368 g/mol. The Balaban J connectivity index is 1.88. The van der Waals surface area contributed by atoms with Gasteiger partial charge in [-0.15, -0.1) is 0 Å². The monoisotopic (exact) mass is 386 g/mol. The number of ketones is 1. The van der Waals surface area contributed by atoms with Crippen LogP contribution in [0.2, 0.25) is 0 Å². The van der Waals surface area contributed by atoms with Crippen LogP contribution in [0.4, 0.5) is 11.4 Å². The number of hydrogen-bond acceptors (Lipinski definition) is 5. The summed E-state index contributed by atoms with van der Waals surface area (Å²) in [5, 5.41) is 2.67. The van der Waals surface area contributed by atoms with Crippen molar-refractivity contribution in [3.63, 3.8) is 0 Å². The van der Waals surface area contributed by atoms with Crippen LogP contribution < -0.4 is 9.62 Å². The number of nitrogens with one attached hydrogen (secondary N) is 1. The second kappa shape index (κ2) is 6.96. The number of amides is 2. The molecule has 1 saturated heterocycles. The molecule has 1 atom stereocenters. The van der Waals surface area contributed by atoms with Crippen molar-refractivity contribution in [3.05, 3.63) is 59.7 Å². The van der Waals surface area contributed by atoms with Gasteiger partial charge in [0.2, 0.25) is 15.9 Å². The molecule has 140 valence electrons. The maximum atomic E-state index is 12.5. The van der Waals surface area contributed by atoms with Crippen LogP contribution >= 0.6 is 0 Å². The first kappa shape index (κ1) is 18.8. The molecule has 1 aliphatic heterocycles. The lowest BCUT2D eigenvalue weighted by Gasteiger charge is -2.16. The first-order valence-corrected chi connectivity index (χ1v) is 9.89. The lowest BCUT2D eigenvalue weighted by Crippen LogP contribution is -2.30. The van der Waals surface area contributed by atoms with Gasteiger partial charge in [-0.25, -0.2) is 12.7 Å². The van der Waals surface area contributed by atoms with Crippen molar-refractivity contribution in [2.24, 2.45) is 5.92 Å². The largest absolute Gasteiger partial charge is 0.322 e. The first-order valence-electron chi connectivity index (χ1n) is 8.28. The van der Waals surface area contributed by atoms with Gasteiger partial charge in [0.15, 0.2) is 5.78 Å². The standard InChI is InChI=1S/C19H18N2O5S/c1-12-11-27(25,26)21(19(12)24)17-8-4-6-15(10-17)18(23)20-16-7-3-5-14(9-16)13(2)22/h3-10,12H,11H2,1-2H3,(H,20,23). The molecule has 1 heterocycles. The molecule has 0 radical (unpaired) electrons. The highest BCUT2D eigenvalue weighted by Gasteiger charge is 2.42. The van der Waals surface area contributed by atoms with Crippen molar-refractivity contribution in [2.45, 2.75) is 13.8 Å². The van der Waals surface area contributed by atoms with E-state index in [9.17, 15) is 22.8 Å². The zero-order chi connectivity index (χ0) is 19.8. The molecule has 2 amide bonds. The third-order valence-corrected chi connectivity index (χ3v) is 6.10. The van der Waals surface area contributed by atoms with Crippen molar-refractivity contribution in [3.8, 4) is 0 Å². The lowest BCUT2D eigenvalue weighted by molar-refractivity contribution is -0.119. The van der Waals surface area contributed by atoms with Crippen LogP contribution in [0, 0.1) is 5.92 Å². The topological polar surface area (TPSA) is 101 Å². The number of nitrogens with zero attached hydrogens (tertiary/aromatic N) is 1. The normalized spacial score (nSPS) is 18.4. The van der Waals surface area contributed by atoms with E-state index in [0.717, 1.165) is 4.31 Å². The van der Waals surface area contributed by atoms with Crippen LogP contribution in [0.1, 0.15) is 34.6 Å². The summed E-state index contributed by atoms with van der Waals surface area (Å²) in [6.07, 6.45) is 0. The molecule has 1 aliphatic rings. The summed E-state index contributed by atoms with van der Waals surface area (Å²) in [5.74, 6) is -1.99. The van der Waals surface area contributed by atoms with Gasteiger partial charge < -0.3 is 5.32 Å². The van der Waals surface area contributed by atoms with E-state index in [-0.39, 0.29) is 22.8 Å². The second-order valence-corrected chi connectivity index (χ2v) is 8.29. The van der Waals surface area contributed by atoms with Gasteiger partial charge in [-0.1, -0.05) is 25.1 Å². The number of hydrogen-bond donors (Lipinski definition) is 1. The highest BCUT2D eigenvalue weighted by atomic mass is 32.2. The summed E-state index contributed by atoms with van der Waals surface area (Å²) in [4.78, 5) is 36.2. The molecule has 0 bridgehead atoms. The van der Waals surface area contributed by atoms with Gasteiger partial charge in [-0.05, 0) is 37.3 Å². The molecule has 1 N–H and O–H groups in total. The number of benzene rings is 2. The van der Waals surface area contributed by atoms with E-state index in [0.29, 0.717) is 11.3 Å². The predicted octanol–water partition coefficient (Wildman–Crippen LogP) is 2.45. The molecule has 2 aromatic carbocycles. The SMILES string of the molecule is CC(=O)c1cccc(NC(=O)c2cccc(N3C(=O)C(C)CS3(=O)=O)c2)c1. The molecule has 2 aromatic rings. The van der Waals surface area contributed by atoms with Gasteiger partial charge in [-0.3, -0.25) is 14.4 Å². The van der Waals surface area contributed by atoms with E-state index >= 15 is 0 Å². The van der Waals surface area contributed by atoms with Gasteiger partial charge in [0.1, 0.15) is 0 Å². The molecule has 0 spiro atoms. The van der Waals surface area contributed by atoms with E-state index in [1.54, 1.807) is 31.2 Å². The second-order valence-electron chi connectivity index (χ2n) is 6.42. The minimum atomic E-state index is -3.74. The Bertz CT molecular complexity index is 1050. The number of sulfonamides is 1. The van der Waals surface area contributed by atoms with Crippen LogP contribution in [-0.2, 0) is 14.8 Å². The fourth-order valence-corrected chi connectivity index (χ4v) is 4.69. The fraction of sp³-hybridized carbons (Fsp3) is 0.211. The Morgan fingerprint density at radius 3 is 2.37 bits per heavy atom. The highest BCUT2D eigenvalue weighted by molar-refractivity contribution is 7.94. The summed E-state index contributed by atoms with van der Waals surface area (Å²) in [6, 6.07) is 12.4. The Morgan fingerprint density at radius 2 is 1.74 bits per heavy atom. The number of anilines is 2. The Morgan fingerprint density at radius 1 is 1.07 bits per heavy atom. The smallest absolute Gasteiger partial charge is 0.255 e. The van der Waals surface area contributed by atoms with Crippen LogP contribution in [-0.4, -0.2) is 31.8 Å². The van der Waals surface area contributed by atoms with Crippen LogP contribution in [0.5, 0.6) is 0 Å². The average Bonchev–Trinajstić information content (AvgIpc) is 2.82. The maximum absolute atomic E-state index is 12.5. The summed E-state index contributed by atoms with van der Waals surface area (Å²) in [7, 11) is -3.74. The van der Waals surface area contributed by atoms with E-state index in [2.05, 4.69) is 5.32 Å². The van der Waals surface area contributed by atoms with E-state index in [4.69, 9.17) is 0 Å². The molecule has 8 heteroatoms. The molecule has 0 aliphatic carbocycles. The molecule has 1 fully saturated rings. The Labute approximate surface area is 157 Å². The van der Waals surface area contributed by atoms with Crippen molar-refractivity contribution >= 4 is 39.0 Å². The zero-order valence-electron chi connectivity index (χ0n) is 14.8. The predicted molar refractivity (Wildman–Crippen MR) is 101 cm³/mol. The number of rotatable bonds is 4. The van der Waals surface area contributed by atoms with Crippen LogP contribution in [0.15, 0.2) is 48.5 Å². The maximum Gasteiger partial charge on any atom is 0.255 e. The summed E-state index contributed by atoms with van der Waals surface area (Å²) >= 11 is 0. The van der Waals surface area contributed by atoms with Gasteiger partial charge in [0.05, 0.1) is 17.4 Å². The van der Waals surface area contributed by atoms with Crippen molar-refractivity contribution in [2.75, 3.05) is 15.4 Å². The molecular formula is C19H18N2O5S. The Kier molecular flexibility index (Phi) is 4.84. The number of carbonyl (C=O) groups is 3. The first-order chi connectivity index (χ1) is 12.7. The molecule has 3 rings (SSSR count). The molecule has 0 aromatic heterocycles. The lowest BCUT2D eigenvalue weighted by atomic mass is 10.1. The van der Waals surface area contributed by atoms with Crippen LogP contribution in [0.3, 0.4) is 0 Å². The summed E-state index contributed by atoms with van der Waals surface area (Å²) in [5.41, 5.74) is 1.23. The highest BCUT2D eigenvalue weighted by Crippen LogP contribution is 2.29. The third kappa shape index (κ3) is 3.75. The van der Waals surface area contributed by atoms with Crippen molar-refractivity contribution in [1.29, 1.82) is 0 Å². The molecule has 27 heavy (non-hydrogen) atoms. The van der Waals surface area contributed by atoms with E-state index < -0.39 is 27.8 Å². The minimum Gasteiger partial charge on any atom is -0.322 e. The zero-order valence-corrected chi connectivity index (χ0v) is 15.6. The number of carbonyl (C=O) groups excluding carboxylic acids is 3. The molecule has 1 unspecified atom stereocenters. The Hall–Kier alpha value is -3.00. The summed E-state index contributed by atoms with van der Waals surface area (Å²) in [6.45, 7) is 2.98. The van der Waals surface area contributed by atoms with Gasteiger partial charge in [0, 0.05) is 16.8 Å². The minimum absolute atomic E-state index is 0.125. The molecule has 0 saturated carbocycles. The van der Waals surface area contributed by atoms with E-state index in [1.165, 1.54) is 31.2 Å². The van der Waals surface area contributed by atoms with Gasteiger partial charge in [0.25, 0.3) is 5.91 Å². The third-order valence-electron chi connectivity index (χ3n) is 4.23. The van der Waals surface area contributed by atoms with Crippen molar-refractivity contribution < 1.29 is 22.8 Å². The quantitative estimate of drug-likeness (QED) is 0.814.